The van der Waals surface area contributed by atoms with E-state index in [4.69, 9.17) is 5.11 Å². The van der Waals surface area contributed by atoms with E-state index < -0.39 is 0 Å². The van der Waals surface area contributed by atoms with Gasteiger partial charge >= 0.3 is 0 Å². The summed E-state index contributed by atoms with van der Waals surface area (Å²) in [5.41, 5.74) is 8.37. The third-order valence-corrected chi connectivity index (χ3v) is 12.9. The number of likely N-dealkylation sites (tertiary alicyclic amines) is 1. The van der Waals surface area contributed by atoms with Crippen LogP contribution in [-0.2, 0) is 11.3 Å². The van der Waals surface area contributed by atoms with Crippen molar-refractivity contribution in [2.75, 3.05) is 38.6 Å². The minimum atomic E-state index is 0.163. The molecule has 4 aromatic rings. The van der Waals surface area contributed by atoms with Gasteiger partial charge in [-0.2, -0.15) is 0 Å². The first-order valence-corrected chi connectivity index (χ1v) is 19.8. The van der Waals surface area contributed by atoms with Crippen molar-refractivity contribution in [2.24, 2.45) is 0 Å². The number of aliphatic hydroxyl groups excluding tert-OH is 1. The standard InChI is InChI=1S/C39H48N4O2S2.CH4O/c1-5-41(6-2)30-16-18-42(19-17-30)36(45)23-43-35-22-31(24-44)47-39(35)37(27-10-8-7-9-11-27)38(43)29-13-14-33-28(21-29)12-15-34(40-33)32-20-25(3)46-26(32)4;1-2/h12-15,20-22,24,27,30,34,40H,5-11,16-19,23H2,1-4H3;2H,1H3. The molecule has 1 unspecified atom stereocenters. The van der Waals surface area contributed by atoms with Gasteiger partial charge < -0.3 is 24.8 Å². The number of carbonyl (C=O) groups is 2. The number of anilines is 1. The molecule has 1 aromatic carbocycles. The molecule has 0 radical (unpaired) electrons. The minimum Gasteiger partial charge on any atom is -0.400 e. The molecule has 5 heterocycles. The van der Waals surface area contributed by atoms with Gasteiger partial charge in [-0.25, -0.2) is 0 Å². The molecule has 2 N–H and O–H groups in total. The van der Waals surface area contributed by atoms with E-state index in [-0.39, 0.29) is 11.9 Å². The van der Waals surface area contributed by atoms with Crippen molar-refractivity contribution in [3.05, 3.63) is 67.7 Å². The lowest BCUT2D eigenvalue weighted by Crippen LogP contribution is -2.47. The maximum Gasteiger partial charge on any atom is 0.242 e. The molecule has 1 saturated carbocycles. The van der Waals surface area contributed by atoms with Crippen molar-refractivity contribution in [3.8, 4) is 11.3 Å². The van der Waals surface area contributed by atoms with Crippen LogP contribution in [0.15, 0.2) is 36.4 Å². The molecule has 1 atom stereocenters. The van der Waals surface area contributed by atoms with Crippen LogP contribution in [0.25, 0.3) is 27.6 Å². The fourth-order valence-corrected chi connectivity index (χ4v) is 10.5. The molecular weight excluding hydrogens is 649 g/mol. The van der Waals surface area contributed by atoms with Crippen molar-refractivity contribution in [3.63, 3.8) is 0 Å². The Morgan fingerprint density at radius 2 is 1.73 bits per heavy atom. The van der Waals surface area contributed by atoms with Crippen molar-refractivity contribution in [1.82, 2.24) is 14.4 Å². The smallest absolute Gasteiger partial charge is 0.242 e. The Balaban J connectivity index is 0.00000205. The van der Waals surface area contributed by atoms with Gasteiger partial charge in [-0.05, 0) is 105 Å². The number of fused-ring (bicyclic) bond motifs is 2. The molecule has 262 valence electrons. The van der Waals surface area contributed by atoms with E-state index in [0.717, 1.165) is 86.9 Å². The van der Waals surface area contributed by atoms with Gasteiger partial charge in [-0.3, -0.25) is 9.59 Å². The third kappa shape index (κ3) is 7.18. The first kappa shape index (κ1) is 35.6. The number of aromatic nitrogens is 1. The topological polar surface area (TPSA) is 77.8 Å². The number of amides is 1. The molecule has 0 bridgehead atoms. The highest BCUT2D eigenvalue weighted by molar-refractivity contribution is 7.20. The lowest BCUT2D eigenvalue weighted by molar-refractivity contribution is -0.133. The Bertz CT molecular complexity index is 1800. The SMILES string of the molecule is CCN(CC)C1CCN(C(=O)Cn2c(-c3ccc4c(c3)C=CC(c3cc(C)sc3C)N4)c(C3CCCCC3)c3sc(C=O)cc32)CC1.CO. The quantitative estimate of drug-likeness (QED) is 0.171. The number of thiophene rings is 2. The van der Waals surface area contributed by atoms with E-state index in [0.29, 0.717) is 18.5 Å². The van der Waals surface area contributed by atoms with Crippen LogP contribution in [-0.4, -0.2) is 71.0 Å². The van der Waals surface area contributed by atoms with Crippen LogP contribution in [0.2, 0.25) is 0 Å². The second-order valence-electron chi connectivity index (χ2n) is 13.6. The molecule has 2 fully saturated rings. The lowest BCUT2D eigenvalue weighted by atomic mass is 9.83. The van der Waals surface area contributed by atoms with Crippen LogP contribution in [0, 0.1) is 13.8 Å². The fourth-order valence-electron chi connectivity index (χ4n) is 8.46. The number of aliphatic hydroxyl groups is 1. The van der Waals surface area contributed by atoms with Gasteiger partial charge in [0.15, 0.2) is 6.29 Å². The minimum absolute atomic E-state index is 0.163. The molecule has 3 aliphatic rings. The number of hydrogen-bond donors (Lipinski definition) is 2. The molecule has 7 nitrogen and oxygen atoms in total. The molecule has 3 aromatic heterocycles. The Kier molecular flexibility index (Phi) is 11.4. The number of nitrogens with one attached hydrogen (secondary N) is 1. The molecule has 1 saturated heterocycles. The summed E-state index contributed by atoms with van der Waals surface area (Å²) in [7, 11) is 1.00. The number of piperidine rings is 1. The van der Waals surface area contributed by atoms with Crippen LogP contribution in [0.3, 0.4) is 0 Å². The van der Waals surface area contributed by atoms with Crippen molar-refractivity contribution >= 4 is 56.8 Å². The summed E-state index contributed by atoms with van der Waals surface area (Å²) in [6.45, 7) is 12.9. The number of carbonyl (C=O) groups excluding carboxylic acids is 2. The first-order chi connectivity index (χ1) is 23.9. The highest BCUT2D eigenvalue weighted by Crippen LogP contribution is 2.47. The Morgan fingerprint density at radius 1 is 1.00 bits per heavy atom. The average molecular weight is 701 g/mol. The van der Waals surface area contributed by atoms with E-state index in [1.807, 2.05) is 17.4 Å². The van der Waals surface area contributed by atoms with Crippen LogP contribution in [0.5, 0.6) is 0 Å². The summed E-state index contributed by atoms with van der Waals surface area (Å²) in [5.74, 6) is 0.610. The van der Waals surface area contributed by atoms with Gasteiger partial charge in [-0.15, -0.1) is 22.7 Å². The number of benzene rings is 1. The zero-order valence-corrected chi connectivity index (χ0v) is 31.4. The van der Waals surface area contributed by atoms with Crippen molar-refractivity contribution in [2.45, 2.75) is 97.2 Å². The zero-order chi connectivity index (χ0) is 34.7. The summed E-state index contributed by atoms with van der Waals surface area (Å²) in [6, 6.07) is 11.8. The van der Waals surface area contributed by atoms with Crippen LogP contribution in [0.4, 0.5) is 5.69 Å². The van der Waals surface area contributed by atoms with Gasteiger partial charge in [0.2, 0.25) is 5.91 Å². The highest BCUT2D eigenvalue weighted by Gasteiger charge is 2.31. The van der Waals surface area contributed by atoms with E-state index in [9.17, 15) is 9.59 Å². The van der Waals surface area contributed by atoms with E-state index >= 15 is 0 Å². The average Bonchev–Trinajstić information content (AvgIpc) is 3.81. The van der Waals surface area contributed by atoms with Gasteiger partial charge in [-0.1, -0.05) is 51.3 Å². The largest absolute Gasteiger partial charge is 0.400 e. The first-order valence-electron chi connectivity index (χ1n) is 18.1. The van der Waals surface area contributed by atoms with Crippen molar-refractivity contribution < 1.29 is 14.7 Å². The Labute approximate surface area is 299 Å². The third-order valence-electron chi connectivity index (χ3n) is 10.9. The second kappa shape index (κ2) is 15.8. The number of nitrogens with zero attached hydrogens (tertiary/aromatic N) is 3. The van der Waals surface area contributed by atoms with Gasteiger partial charge in [0.05, 0.1) is 26.8 Å². The predicted octanol–water partition coefficient (Wildman–Crippen LogP) is 9.03. The molecule has 0 spiro atoms. The fraction of sp³-hybridized carbons (Fsp3) is 0.500. The predicted molar refractivity (Wildman–Crippen MR) is 206 cm³/mol. The van der Waals surface area contributed by atoms with Crippen LogP contribution >= 0.6 is 22.7 Å². The normalized spacial score (nSPS) is 18.3. The summed E-state index contributed by atoms with van der Waals surface area (Å²) < 4.78 is 3.46. The number of hydrogen-bond acceptors (Lipinski definition) is 7. The summed E-state index contributed by atoms with van der Waals surface area (Å²) in [5, 5.41) is 10.8. The van der Waals surface area contributed by atoms with E-state index in [1.54, 1.807) is 11.3 Å². The molecule has 2 aliphatic heterocycles. The van der Waals surface area contributed by atoms with Crippen LogP contribution < -0.4 is 5.32 Å². The highest BCUT2D eigenvalue weighted by atomic mass is 32.1. The molecule has 1 amide bonds. The summed E-state index contributed by atoms with van der Waals surface area (Å²) in [6.07, 6.45) is 13.6. The van der Waals surface area contributed by atoms with Crippen LogP contribution in [0.1, 0.15) is 107 Å². The second-order valence-corrected chi connectivity index (χ2v) is 16.2. The summed E-state index contributed by atoms with van der Waals surface area (Å²) >= 11 is 3.46. The molecule has 7 rings (SSSR count). The molecule has 9 heteroatoms. The van der Waals surface area contributed by atoms with Gasteiger partial charge in [0.1, 0.15) is 6.54 Å². The molecule has 1 aliphatic carbocycles. The van der Waals surface area contributed by atoms with Gasteiger partial charge in [0.25, 0.3) is 0 Å². The maximum atomic E-state index is 14.1. The Morgan fingerprint density at radius 3 is 2.39 bits per heavy atom. The van der Waals surface area contributed by atoms with E-state index in [2.05, 4.69) is 83.8 Å². The number of aryl methyl sites for hydroxylation is 2. The van der Waals surface area contributed by atoms with E-state index in [1.165, 1.54) is 56.1 Å². The van der Waals surface area contributed by atoms with Crippen molar-refractivity contribution in [1.29, 1.82) is 0 Å². The number of rotatable bonds is 9. The maximum absolute atomic E-state index is 14.1. The number of aldehydes is 1. The van der Waals surface area contributed by atoms with Gasteiger partial charge in [0, 0.05) is 41.7 Å². The molecular formula is C40H52N4O3S2. The monoisotopic (exact) mass is 700 g/mol. The molecule has 49 heavy (non-hydrogen) atoms. The zero-order valence-electron chi connectivity index (χ0n) is 29.8. The Hall–Kier alpha value is -3.24. The lowest BCUT2D eigenvalue weighted by Gasteiger charge is -2.37. The summed E-state index contributed by atoms with van der Waals surface area (Å²) in [4.78, 5) is 34.2.